The predicted molar refractivity (Wildman–Crippen MR) is 71.8 cm³/mol. The van der Waals surface area contributed by atoms with Gasteiger partial charge in [-0.3, -0.25) is 4.68 Å². The van der Waals surface area contributed by atoms with E-state index in [-0.39, 0.29) is 5.41 Å². The van der Waals surface area contributed by atoms with Crippen LogP contribution in [0.2, 0.25) is 0 Å². The fourth-order valence-corrected chi connectivity index (χ4v) is 1.76. The molecule has 2 rings (SSSR count). The van der Waals surface area contributed by atoms with E-state index in [0.717, 1.165) is 11.3 Å². The highest BCUT2D eigenvalue weighted by Gasteiger charge is 2.13. The van der Waals surface area contributed by atoms with Crippen molar-refractivity contribution in [2.75, 3.05) is 5.73 Å². The van der Waals surface area contributed by atoms with E-state index < -0.39 is 0 Å². The lowest BCUT2D eigenvalue weighted by Gasteiger charge is -2.18. The van der Waals surface area contributed by atoms with Crippen molar-refractivity contribution in [3.63, 3.8) is 0 Å². The zero-order valence-corrected chi connectivity index (χ0v) is 10.9. The first-order valence-corrected chi connectivity index (χ1v) is 5.78. The molecule has 90 valence electrons. The maximum atomic E-state index is 5.78. The Bertz CT molecular complexity index is 496. The number of nitrogens with two attached hydrogens (primary N) is 1. The number of hydrogen-bond acceptors (Lipinski definition) is 2. The van der Waals surface area contributed by atoms with Gasteiger partial charge in [0.25, 0.3) is 0 Å². The Balaban J connectivity index is 2.36. The van der Waals surface area contributed by atoms with Crippen molar-refractivity contribution in [1.29, 1.82) is 0 Å². The normalized spacial score (nSPS) is 11.8. The molecule has 0 fully saturated rings. The molecule has 0 saturated heterocycles. The van der Waals surface area contributed by atoms with Crippen LogP contribution < -0.4 is 5.73 Å². The minimum atomic E-state index is 0.182. The van der Waals surface area contributed by atoms with Gasteiger partial charge in [-0.15, -0.1) is 0 Å². The Kier molecular flexibility index (Phi) is 2.69. The second kappa shape index (κ2) is 3.91. The molecule has 1 heterocycles. The molecule has 0 amide bonds. The molecule has 2 N–H and O–H groups in total. The van der Waals surface area contributed by atoms with Crippen LogP contribution in [0.3, 0.4) is 0 Å². The van der Waals surface area contributed by atoms with Crippen LogP contribution in [0, 0.1) is 0 Å². The standard InChI is InChI=1S/C14H19N3/c1-14(2,3)11-7-5-10(6-8-11)12-9-13(15)17(4)16-12/h5-9H,15H2,1-4H3. The fourth-order valence-electron chi connectivity index (χ4n) is 1.76. The molecule has 0 spiro atoms. The number of hydrogen-bond donors (Lipinski definition) is 1. The molecule has 0 radical (unpaired) electrons. The lowest BCUT2D eigenvalue weighted by atomic mass is 9.86. The fraction of sp³-hybridized carbons (Fsp3) is 0.357. The summed E-state index contributed by atoms with van der Waals surface area (Å²) in [4.78, 5) is 0. The molecule has 3 nitrogen and oxygen atoms in total. The molecule has 3 heteroatoms. The average Bonchev–Trinajstić information content (AvgIpc) is 2.58. The quantitative estimate of drug-likeness (QED) is 0.817. The molecule has 0 saturated carbocycles. The van der Waals surface area contributed by atoms with Gasteiger partial charge >= 0.3 is 0 Å². The number of anilines is 1. The molecule has 0 atom stereocenters. The van der Waals surface area contributed by atoms with Gasteiger partial charge in [-0.2, -0.15) is 5.10 Å². The van der Waals surface area contributed by atoms with Crippen molar-refractivity contribution in [1.82, 2.24) is 9.78 Å². The van der Waals surface area contributed by atoms with Crippen molar-refractivity contribution < 1.29 is 0 Å². The van der Waals surface area contributed by atoms with Gasteiger partial charge < -0.3 is 5.73 Å². The van der Waals surface area contributed by atoms with Crippen molar-refractivity contribution in [2.24, 2.45) is 7.05 Å². The van der Waals surface area contributed by atoms with Crippen LogP contribution in [0.15, 0.2) is 30.3 Å². The Labute approximate surface area is 102 Å². The van der Waals surface area contributed by atoms with Gasteiger partial charge in [-0.05, 0) is 11.0 Å². The third-order valence-corrected chi connectivity index (χ3v) is 2.96. The Hall–Kier alpha value is -1.77. The Morgan fingerprint density at radius 1 is 1.12 bits per heavy atom. The Morgan fingerprint density at radius 2 is 1.71 bits per heavy atom. The molecule has 17 heavy (non-hydrogen) atoms. The van der Waals surface area contributed by atoms with Gasteiger partial charge in [0.1, 0.15) is 5.82 Å². The Morgan fingerprint density at radius 3 is 2.12 bits per heavy atom. The van der Waals surface area contributed by atoms with E-state index >= 15 is 0 Å². The minimum Gasteiger partial charge on any atom is -0.384 e. The molecule has 0 aliphatic carbocycles. The van der Waals surface area contributed by atoms with Crippen LogP contribution in [-0.4, -0.2) is 9.78 Å². The van der Waals surface area contributed by atoms with Crippen molar-refractivity contribution in [3.05, 3.63) is 35.9 Å². The summed E-state index contributed by atoms with van der Waals surface area (Å²) in [6, 6.07) is 10.4. The summed E-state index contributed by atoms with van der Waals surface area (Å²) in [6.07, 6.45) is 0. The number of aromatic nitrogens is 2. The average molecular weight is 229 g/mol. The number of nitrogen functional groups attached to an aromatic ring is 1. The third-order valence-electron chi connectivity index (χ3n) is 2.96. The molecular formula is C14H19N3. The van der Waals surface area contributed by atoms with E-state index in [1.54, 1.807) is 4.68 Å². The highest BCUT2D eigenvalue weighted by atomic mass is 15.3. The van der Waals surface area contributed by atoms with Gasteiger partial charge in [0.15, 0.2) is 0 Å². The van der Waals surface area contributed by atoms with E-state index in [9.17, 15) is 0 Å². The van der Waals surface area contributed by atoms with Gasteiger partial charge in [-0.1, -0.05) is 45.0 Å². The summed E-state index contributed by atoms with van der Waals surface area (Å²) in [5, 5.41) is 4.36. The lowest BCUT2D eigenvalue weighted by molar-refractivity contribution is 0.590. The van der Waals surface area contributed by atoms with Crippen LogP contribution in [0.4, 0.5) is 5.82 Å². The SMILES string of the molecule is Cn1nc(-c2ccc(C(C)(C)C)cc2)cc1N. The van der Waals surface area contributed by atoms with E-state index in [2.05, 4.69) is 50.1 Å². The number of benzene rings is 1. The van der Waals surface area contributed by atoms with Crippen LogP contribution in [0.25, 0.3) is 11.3 Å². The van der Waals surface area contributed by atoms with Crippen molar-refractivity contribution in [2.45, 2.75) is 26.2 Å². The van der Waals surface area contributed by atoms with E-state index in [0.29, 0.717) is 5.82 Å². The molecule has 1 aromatic heterocycles. The summed E-state index contributed by atoms with van der Waals surface area (Å²) in [6.45, 7) is 6.63. The lowest BCUT2D eigenvalue weighted by Crippen LogP contribution is -2.10. The van der Waals surface area contributed by atoms with Gasteiger partial charge in [0.05, 0.1) is 5.69 Å². The minimum absolute atomic E-state index is 0.182. The van der Waals surface area contributed by atoms with Crippen LogP contribution in [0.5, 0.6) is 0 Å². The first kappa shape index (κ1) is 11.7. The largest absolute Gasteiger partial charge is 0.384 e. The summed E-state index contributed by atoms with van der Waals surface area (Å²) < 4.78 is 1.69. The highest BCUT2D eigenvalue weighted by molar-refractivity contribution is 5.62. The number of rotatable bonds is 1. The smallest absolute Gasteiger partial charge is 0.121 e. The van der Waals surface area contributed by atoms with Crippen LogP contribution >= 0.6 is 0 Å². The van der Waals surface area contributed by atoms with Crippen molar-refractivity contribution in [3.8, 4) is 11.3 Å². The summed E-state index contributed by atoms with van der Waals surface area (Å²) >= 11 is 0. The molecule has 0 aliphatic rings. The summed E-state index contributed by atoms with van der Waals surface area (Å²) in [5.41, 5.74) is 9.31. The molecule has 2 aromatic rings. The van der Waals surface area contributed by atoms with E-state index in [1.165, 1.54) is 5.56 Å². The number of nitrogens with zero attached hydrogens (tertiary/aromatic N) is 2. The zero-order chi connectivity index (χ0) is 12.6. The summed E-state index contributed by atoms with van der Waals surface area (Å²) in [5.74, 6) is 0.680. The van der Waals surface area contributed by atoms with Gasteiger partial charge in [-0.25, -0.2) is 0 Å². The monoisotopic (exact) mass is 229 g/mol. The second-order valence-electron chi connectivity index (χ2n) is 5.41. The maximum absolute atomic E-state index is 5.78. The zero-order valence-electron chi connectivity index (χ0n) is 10.9. The molecule has 1 aromatic carbocycles. The van der Waals surface area contributed by atoms with Crippen LogP contribution in [-0.2, 0) is 12.5 Å². The first-order valence-electron chi connectivity index (χ1n) is 5.78. The maximum Gasteiger partial charge on any atom is 0.121 e. The van der Waals surface area contributed by atoms with Crippen LogP contribution in [0.1, 0.15) is 26.3 Å². The van der Waals surface area contributed by atoms with Crippen molar-refractivity contribution >= 4 is 5.82 Å². The summed E-state index contributed by atoms with van der Waals surface area (Å²) in [7, 11) is 1.85. The first-order chi connectivity index (χ1) is 7.88. The molecule has 0 aliphatic heterocycles. The molecule has 0 unspecified atom stereocenters. The second-order valence-corrected chi connectivity index (χ2v) is 5.41. The van der Waals surface area contributed by atoms with Gasteiger partial charge in [0, 0.05) is 18.7 Å². The van der Waals surface area contributed by atoms with E-state index in [4.69, 9.17) is 5.73 Å². The molecule has 0 bridgehead atoms. The number of aryl methyl sites for hydroxylation is 1. The third kappa shape index (κ3) is 2.33. The highest BCUT2D eigenvalue weighted by Crippen LogP contribution is 2.26. The van der Waals surface area contributed by atoms with E-state index in [1.807, 2.05) is 13.1 Å². The topological polar surface area (TPSA) is 43.8 Å². The predicted octanol–water partition coefficient (Wildman–Crippen LogP) is 2.97. The molecular weight excluding hydrogens is 210 g/mol. The van der Waals surface area contributed by atoms with Gasteiger partial charge in [0.2, 0.25) is 0 Å².